The van der Waals surface area contributed by atoms with Crippen molar-refractivity contribution in [1.82, 2.24) is 24.6 Å². The lowest BCUT2D eigenvalue weighted by atomic mass is 10.0. The van der Waals surface area contributed by atoms with Gasteiger partial charge in [-0.25, -0.2) is 0 Å². The number of rotatable bonds is 4. The molecule has 0 aliphatic rings. The zero-order valence-corrected chi connectivity index (χ0v) is 12.5. The van der Waals surface area contributed by atoms with Crippen molar-refractivity contribution in [2.24, 2.45) is 0 Å². The van der Waals surface area contributed by atoms with Crippen LogP contribution >= 0.6 is 12.2 Å². The highest BCUT2D eigenvalue weighted by molar-refractivity contribution is 7.71. The summed E-state index contributed by atoms with van der Waals surface area (Å²) in [5, 5.41) is 7.20. The summed E-state index contributed by atoms with van der Waals surface area (Å²) in [5.74, 6) is 0.849. The lowest BCUT2D eigenvalue weighted by Crippen LogP contribution is -2.42. The van der Waals surface area contributed by atoms with E-state index in [0.717, 1.165) is 17.9 Å². The number of H-pyrrole nitrogens is 1. The Bertz CT molecular complexity index is 597. The van der Waals surface area contributed by atoms with Gasteiger partial charge >= 0.3 is 0 Å². The first kappa shape index (κ1) is 13.9. The summed E-state index contributed by atoms with van der Waals surface area (Å²) >= 11 is 5.34. The number of likely N-dealkylation sites (N-methyl/N-ethyl adjacent to an activating group) is 1. The molecule has 0 aliphatic heterocycles. The Labute approximate surface area is 118 Å². The monoisotopic (exact) mass is 277 g/mol. The third kappa shape index (κ3) is 2.90. The van der Waals surface area contributed by atoms with Crippen LogP contribution in [0.3, 0.4) is 0 Å². The summed E-state index contributed by atoms with van der Waals surface area (Å²) in [6.07, 6.45) is 3.52. The first-order chi connectivity index (χ1) is 8.92. The summed E-state index contributed by atoms with van der Waals surface area (Å²) in [6.45, 7) is 5.13. The average Bonchev–Trinajstić information content (AvgIpc) is 2.71. The maximum Gasteiger partial charge on any atom is 0.195 e. The molecule has 2 aromatic rings. The third-order valence-corrected chi connectivity index (χ3v) is 3.76. The molecular formula is C13H19N5S. The fraction of sp³-hybridized carbons (Fsp3) is 0.462. The van der Waals surface area contributed by atoms with Crippen LogP contribution in [-0.2, 0) is 6.54 Å². The molecule has 0 bridgehead atoms. The second kappa shape index (κ2) is 5.22. The van der Waals surface area contributed by atoms with Crippen LogP contribution in [0.5, 0.6) is 0 Å². The van der Waals surface area contributed by atoms with E-state index in [1.54, 1.807) is 12.4 Å². The minimum absolute atomic E-state index is 0.0100. The number of aromatic amines is 1. The van der Waals surface area contributed by atoms with Gasteiger partial charge in [0.1, 0.15) is 0 Å². The van der Waals surface area contributed by atoms with Gasteiger partial charge in [0, 0.05) is 30.0 Å². The highest BCUT2D eigenvalue weighted by Crippen LogP contribution is 2.20. The summed E-state index contributed by atoms with van der Waals surface area (Å²) in [4.78, 5) is 6.21. The normalized spacial score (nSPS) is 12.1. The van der Waals surface area contributed by atoms with E-state index in [1.807, 2.05) is 16.7 Å². The van der Waals surface area contributed by atoms with Crippen LogP contribution in [0.15, 0.2) is 24.5 Å². The highest BCUT2D eigenvalue weighted by Gasteiger charge is 2.23. The Morgan fingerprint density at radius 1 is 1.32 bits per heavy atom. The number of hydrogen-bond acceptors (Lipinski definition) is 4. The van der Waals surface area contributed by atoms with Crippen molar-refractivity contribution < 1.29 is 0 Å². The van der Waals surface area contributed by atoms with Crippen LogP contribution in [-0.4, -0.2) is 44.3 Å². The summed E-state index contributed by atoms with van der Waals surface area (Å²) in [7, 11) is 4.13. The van der Waals surface area contributed by atoms with Gasteiger partial charge in [-0.15, -0.1) is 0 Å². The Morgan fingerprint density at radius 3 is 2.53 bits per heavy atom. The molecule has 0 aromatic carbocycles. The molecule has 2 rings (SSSR count). The summed E-state index contributed by atoms with van der Waals surface area (Å²) in [5.41, 5.74) is 1.00. The maximum absolute atomic E-state index is 5.34. The van der Waals surface area contributed by atoms with Gasteiger partial charge in [0.05, 0.1) is 0 Å². The molecular weight excluding hydrogens is 258 g/mol. The van der Waals surface area contributed by atoms with E-state index in [0.29, 0.717) is 4.77 Å². The number of aromatic nitrogens is 4. The molecule has 0 amide bonds. The first-order valence-corrected chi connectivity index (χ1v) is 6.56. The zero-order chi connectivity index (χ0) is 14.0. The second-order valence-corrected chi connectivity index (χ2v) is 5.77. The van der Waals surface area contributed by atoms with Crippen LogP contribution in [0.25, 0.3) is 11.4 Å². The fourth-order valence-electron chi connectivity index (χ4n) is 1.71. The SMILES string of the molecule is CN(C)C(C)(C)Cn1c(-c2ccncc2)n[nH]c1=S. The van der Waals surface area contributed by atoms with Crippen molar-refractivity contribution in [1.29, 1.82) is 0 Å². The Hall–Kier alpha value is -1.53. The topological polar surface area (TPSA) is 49.7 Å². The molecule has 0 atom stereocenters. The van der Waals surface area contributed by atoms with Crippen LogP contribution in [0.2, 0.25) is 0 Å². The van der Waals surface area contributed by atoms with Crippen molar-refractivity contribution in [3.63, 3.8) is 0 Å². The number of nitrogens with zero attached hydrogens (tertiary/aromatic N) is 4. The van der Waals surface area contributed by atoms with E-state index in [9.17, 15) is 0 Å². The minimum atomic E-state index is -0.0100. The van der Waals surface area contributed by atoms with Gasteiger partial charge in [-0.05, 0) is 52.3 Å². The molecule has 0 unspecified atom stereocenters. The Kier molecular flexibility index (Phi) is 3.82. The maximum atomic E-state index is 5.34. The molecule has 6 heteroatoms. The van der Waals surface area contributed by atoms with E-state index in [4.69, 9.17) is 12.2 Å². The zero-order valence-electron chi connectivity index (χ0n) is 11.7. The number of nitrogens with one attached hydrogen (secondary N) is 1. The van der Waals surface area contributed by atoms with Gasteiger partial charge in [-0.3, -0.25) is 14.6 Å². The molecule has 5 nitrogen and oxygen atoms in total. The van der Waals surface area contributed by atoms with Crippen molar-refractivity contribution >= 4 is 12.2 Å². The van der Waals surface area contributed by atoms with Gasteiger partial charge in [0.2, 0.25) is 0 Å². The quantitative estimate of drug-likeness (QED) is 0.872. The average molecular weight is 277 g/mol. The minimum Gasteiger partial charge on any atom is -0.302 e. The van der Waals surface area contributed by atoms with Gasteiger partial charge in [0.15, 0.2) is 10.6 Å². The van der Waals surface area contributed by atoms with Crippen LogP contribution in [0.1, 0.15) is 13.8 Å². The van der Waals surface area contributed by atoms with Crippen molar-refractivity contribution in [3.8, 4) is 11.4 Å². The van der Waals surface area contributed by atoms with Gasteiger partial charge in [-0.1, -0.05) is 0 Å². The van der Waals surface area contributed by atoms with Crippen molar-refractivity contribution in [2.45, 2.75) is 25.9 Å². The summed E-state index contributed by atoms with van der Waals surface area (Å²) in [6, 6.07) is 3.87. The first-order valence-electron chi connectivity index (χ1n) is 6.15. The predicted molar refractivity (Wildman–Crippen MR) is 78.4 cm³/mol. The van der Waals surface area contributed by atoms with Gasteiger partial charge in [0.25, 0.3) is 0 Å². The smallest absolute Gasteiger partial charge is 0.195 e. The molecule has 102 valence electrons. The van der Waals surface area contributed by atoms with Gasteiger partial charge < -0.3 is 4.90 Å². The molecule has 2 aromatic heterocycles. The van der Waals surface area contributed by atoms with Crippen LogP contribution in [0.4, 0.5) is 0 Å². The van der Waals surface area contributed by atoms with Gasteiger partial charge in [-0.2, -0.15) is 5.10 Å². The molecule has 0 aliphatic carbocycles. The molecule has 0 saturated carbocycles. The lowest BCUT2D eigenvalue weighted by Gasteiger charge is -2.33. The van der Waals surface area contributed by atoms with Crippen LogP contribution in [0, 0.1) is 4.77 Å². The highest BCUT2D eigenvalue weighted by atomic mass is 32.1. The molecule has 0 saturated heterocycles. The van der Waals surface area contributed by atoms with E-state index >= 15 is 0 Å². The van der Waals surface area contributed by atoms with Crippen LogP contribution < -0.4 is 0 Å². The van der Waals surface area contributed by atoms with E-state index in [-0.39, 0.29) is 5.54 Å². The molecule has 19 heavy (non-hydrogen) atoms. The molecule has 0 spiro atoms. The van der Waals surface area contributed by atoms with Crippen molar-refractivity contribution in [3.05, 3.63) is 29.3 Å². The number of pyridine rings is 1. The Morgan fingerprint density at radius 2 is 1.95 bits per heavy atom. The molecule has 0 radical (unpaired) electrons. The summed E-state index contributed by atoms with van der Waals surface area (Å²) < 4.78 is 2.67. The fourth-order valence-corrected chi connectivity index (χ4v) is 1.91. The van der Waals surface area contributed by atoms with E-state index in [2.05, 4.69) is 48.0 Å². The van der Waals surface area contributed by atoms with E-state index < -0.39 is 0 Å². The standard InChI is InChI=1S/C13H19N5S/c1-13(2,17(3)4)9-18-11(15-16-12(18)19)10-5-7-14-8-6-10/h5-8H,9H2,1-4H3,(H,16,19). The predicted octanol–water partition coefficient (Wildman–Crippen LogP) is 2.34. The molecule has 1 N–H and O–H groups in total. The molecule has 0 fully saturated rings. The Balaban J connectivity index is 2.42. The largest absolute Gasteiger partial charge is 0.302 e. The second-order valence-electron chi connectivity index (χ2n) is 5.38. The third-order valence-electron chi connectivity index (χ3n) is 3.45. The number of hydrogen-bond donors (Lipinski definition) is 1. The van der Waals surface area contributed by atoms with E-state index in [1.165, 1.54) is 0 Å². The molecule has 2 heterocycles. The lowest BCUT2D eigenvalue weighted by molar-refractivity contribution is 0.169. The van der Waals surface area contributed by atoms with Crippen molar-refractivity contribution in [2.75, 3.05) is 14.1 Å².